The van der Waals surface area contributed by atoms with E-state index in [1.807, 2.05) is 84.9 Å². The van der Waals surface area contributed by atoms with Crippen molar-refractivity contribution in [3.8, 4) is 11.1 Å². The molecule has 1 aliphatic rings. The topological polar surface area (TPSA) is 15.2 Å². The van der Waals surface area contributed by atoms with Crippen LogP contribution in [0.5, 0.6) is 0 Å². The lowest BCUT2D eigenvalue weighted by molar-refractivity contribution is 0.666. The lowest BCUT2D eigenvalue weighted by Gasteiger charge is -2.29. The normalized spacial score (nSPS) is 12.4. The van der Waals surface area contributed by atoms with E-state index in [1.54, 1.807) is 0 Å². The number of hydrogen-bond acceptors (Lipinski definition) is 2. The zero-order chi connectivity index (χ0) is 33.5. The third kappa shape index (κ3) is 4.91. The van der Waals surface area contributed by atoms with Gasteiger partial charge in [0.25, 0.3) is 0 Å². The van der Waals surface area contributed by atoms with Crippen LogP contribution in [0.1, 0.15) is 25.0 Å². The summed E-state index contributed by atoms with van der Waals surface area (Å²) in [6, 6.07) is 54.0. The molecule has 0 saturated carbocycles. The summed E-state index contributed by atoms with van der Waals surface area (Å²) in [5.74, 6) is 0. The summed E-state index contributed by atoms with van der Waals surface area (Å²) in [5, 5.41) is 2.37. The maximum Gasteiger partial charge on any atom is 0.210 e. The Kier molecular flexibility index (Phi) is 7.21. The lowest BCUT2D eigenvalue weighted by atomic mass is 9.80. The van der Waals surface area contributed by atoms with E-state index in [4.69, 9.17) is 13.1 Å². The SMILES string of the molecule is [C-]#[N+]c1ccccc1N(c1ccccc1)c1ccc2c(c1)C(C)(C)c1c-2ccc2cc(N(c3ccccc3)c3ccccc3[N+]#[C-])ccc12. The molecule has 0 saturated heterocycles. The fraction of sp³-hybridized carbons (Fsp3) is 0.0667. The average Bonchev–Trinajstić information content (AvgIpc) is 3.39. The number of anilines is 6. The van der Waals surface area contributed by atoms with Crippen LogP contribution in [0.3, 0.4) is 0 Å². The smallest absolute Gasteiger partial charge is 0.210 e. The van der Waals surface area contributed by atoms with Crippen molar-refractivity contribution in [2.24, 2.45) is 0 Å². The first-order valence-electron chi connectivity index (χ1n) is 16.3. The minimum absolute atomic E-state index is 0.279. The van der Waals surface area contributed by atoms with E-state index in [2.05, 4.69) is 106 Å². The van der Waals surface area contributed by atoms with Gasteiger partial charge in [0.05, 0.1) is 24.5 Å². The van der Waals surface area contributed by atoms with Crippen molar-refractivity contribution in [3.63, 3.8) is 0 Å². The quantitative estimate of drug-likeness (QED) is 0.170. The molecule has 0 atom stereocenters. The molecule has 0 aliphatic heterocycles. The molecule has 1 aliphatic carbocycles. The lowest BCUT2D eigenvalue weighted by Crippen LogP contribution is -2.17. The van der Waals surface area contributed by atoms with Crippen molar-refractivity contribution in [2.75, 3.05) is 9.80 Å². The summed E-state index contributed by atoms with van der Waals surface area (Å²) in [6.07, 6.45) is 0. The predicted octanol–water partition coefficient (Wildman–Crippen LogP) is 13.2. The van der Waals surface area contributed by atoms with Crippen molar-refractivity contribution >= 4 is 56.3 Å². The van der Waals surface area contributed by atoms with Crippen molar-refractivity contribution in [1.82, 2.24) is 0 Å². The van der Waals surface area contributed by atoms with E-state index in [-0.39, 0.29) is 5.41 Å². The third-order valence-electron chi connectivity index (χ3n) is 9.63. The van der Waals surface area contributed by atoms with Gasteiger partial charge in [-0.15, -0.1) is 0 Å². The van der Waals surface area contributed by atoms with E-state index < -0.39 is 0 Å². The van der Waals surface area contributed by atoms with Crippen LogP contribution in [-0.4, -0.2) is 0 Å². The fourth-order valence-electron chi connectivity index (χ4n) is 7.42. The van der Waals surface area contributed by atoms with Gasteiger partial charge in [-0.25, -0.2) is 9.69 Å². The van der Waals surface area contributed by atoms with Crippen LogP contribution in [0, 0.1) is 13.1 Å². The van der Waals surface area contributed by atoms with Gasteiger partial charge in [-0.1, -0.05) is 111 Å². The van der Waals surface area contributed by atoms with Crippen LogP contribution >= 0.6 is 0 Å². The predicted molar refractivity (Wildman–Crippen MR) is 203 cm³/mol. The largest absolute Gasteiger partial charge is 0.320 e. The summed E-state index contributed by atoms with van der Waals surface area (Å²) < 4.78 is 0. The average molecular weight is 629 g/mol. The Hall–Kier alpha value is -6.62. The van der Waals surface area contributed by atoms with Gasteiger partial charge in [-0.3, -0.25) is 0 Å². The van der Waals surface area contributed by atoms with Crippen molar-refractivity contribution < 1.29 is 0 Å². The highest BCUT2D eigenvalue weighted by molar-refractivity contribution is 6.00. The Balaban J connectivity index is 1.26. The van der Waals surface area contributed by atoms with Gasteiger partial charge in [0.15, 0.2) is 0 Å². The second-order valence-corrected chi connectivity index (χ2v) is 12.8. The number of nitrogens with zero attached hydrogens (tertiary/aromatic N) is 4. The van der Waals surface area contributed by atoms with Crippen LogP contribution in [0.15, 0.2) is 158 Å². The summed E-state index contributed by atoms with van der Waals surface area (Å²) >= 11 is 0. The number of rotatable bonds is 6. The van der Waals surface area contributed by atoms with Gasteiger partial charge in [0.1, 0.15) is 0 Å². The number of fused-ring (bicyclic) bond motifs is 5. The second kappa shape index (κ2) is 11.9. The van der Waals surface area contributed by atoms with E-state index in [1.165, 1.54) is 27.6 Å². The first-order valence-corrected chi connectivity index (χ1v) is 16.3. The number of hydrogen-bond donors (Lipinski definition) is 0. The number of para-hydroxylation sites is 6. The molecule has 232 valence electrons. The number of benzene rings is 7. The van der Waals surface area contributed by atoms with Crippen LogP contribution in [0.2, 0.25) is 0 Å². The zero-order valence-corrected chi connectivity index (χ0v) is 27.3. The minimum Gasteiger partial charge on any atom is -0.320 e. The molecule has 0 heterocycles. The molecule has 0 aromatic heterocycles. The summed E-state index contributed by atoms with van der Waals surface area (Å²) in [6.45, 7) is 20.4. The third-order valence-corrected chi connectivity index (χ3v) is 9.63. The van der Waals surface area contributed by atoms with Crippen LogP contribution in [0.4, 0.5) is 45.5 Å². The van der Waals surface area contributed by atoms with Gasteiger partial charge in [-0.05, 0) is 93.7 Å². The van der Waals surface area contributed by atoms with Gasteiger partial charge in [-0.2, -0.15) is 0 Å². The van der Waals surface area contributed by atoms with Crippen molar-refractivity contribution in [3.05, 3.63) is 192 Å². The molecule has 0 unspecified atom stereocenters. The van der Waals surface area contributed by atoms with Gasteiger partial charge >= 0.3 is 0 Å². The molecular formula is C45H32N4. The van der Waals surface area contributed by atoms with Crippen LogP contribution < -0.4 is 9.80 Å². The fourth-order valence-corrected chi connectivity index (χ4v) is 7.42. The molecule has 49 heavy (non-hydrogen) atoms. The van der Waals surface area contributed by atoms with Crippen molar-refractivity contribution in [2.45, 2.75) is 19.3 Å². The van der Waals surface area contributed by atoms with E-state index in [9.17, 15) is 0 Å². The van der Waals surface area contributed by atoms with Crippen LogP contribution in [0.25, 0.3) is 31.6 Å². The summed E-state index contributed by atoms with van der Waals surface area (Å²) in [5.41, 5.74) is 11.7. The molecule has 7 aromatic rings. The highest BCUT2D eigenvalue weighted by Crippen LogP contribution is 2.54. The van der Waals surface area contributed by atoms with Crippen LogP contribution in [-0.2, 0) is 5.41 Å². The van der Waals surface area contributed by atoms with E-state index in [0.29, 0.717) is 11.4 Å². The van der Waals surface area contributed by atoms with E-state index >= 15 is 0 Å². The minimum atomic E-state index is -0.279. The molecular weight excluding hydrogens is 597 g/mol. The zero-order valence-electron chi connectivity index (χ0n) is 27.3. The maximum atomic E-state index is 7.90. The summed E-state index contributed by atoms with van der Waals surface area (Å²) in [4.78, 5) is 12.1. The molecule has 0 bridgehead atoms. The van der Waals surface area contributed by atoms with Gasteiger partial charge in [0.2, 0.25) is 11.4 Å². The Bertz CT molecular complexity index is 2450. The first kappa shape index (κ1) is 29.8. The highest BCUT2D eigenvalue weighted by Gasteiger charge is 2.37. The molecule has 0 N–H and O–H groups in total. The maximum absolute atomic E-state index is 7.90. The highest BCUT2D eigenvalue weighted by atomic mass is 15.2. The van der Waals surface area contributed by atoms with E-state index in [0.717, 1.165) is 39.5 Å². The Morgan fingerprint density at radius 1 is 0.469 bits per heavy atom. The van der Waals surface area contributed by atoms with Crippen molar-refractivity contribution in [1.29, 1.82) is 0 Å². The molecule has 0 amide bonds. The van der Waals surface area contributed by atoms with Gasteiger partial charge in [0, 0.05) is 28.2 Å². The summed E-state index contributed by atoms with van der Waals surface area (Å²) in [7, 11) is 0. The monoisotopic (exact) mass is 628 g/mol. The molecule has 4 nitrogen and oxygen atoms in total. The molecule has 0 fully saturated rings. The Morgan fingerprint density at radius 2 is 0.959 bits per heavy atom. The first-order chi connectivity index (χ1) is 24.0. The standard InChI is InChI=1S/C45H32N4/c1-45(2)39-30-35(49(33-17-9-6-10-18-33)43-22-14-12-20-41(43)47-4)25-28-37(39)38-26-23-31-29-34(24-27-36(31)44(38)45)48(32-15-7-5-8-16-32)42-21-13-11-19-40(42)46-3/h5-30H,1-2H3. The molecule has 7 aromatic carbocycles. The molecule has 8 rings (SSSR count). The van der Waals surface area contributed by atoms with Gasteiger partial charge < -0.3 is 9.80 Å². The Morgan fingerprint density at radius 3 is 1.53 bits per heavy atom. The second-order valence-electron chi connectivity index (χ2n) is 12.8. The molecule has 0 spiro atoms. The Labute approximate surface area is 287 Å². The molecule has 4 heteroatoms. The molecule has 0 radical (unpaired) electrons.